The summed E-state index contributed by atoms with van der Waals surface area (Å²) >= 11 is 3.75. The molecule has 2 aliphatic heterocycles. The van der Waals surface area contributed by atoms with Crippen molar-refractivity contribution in [1.29, 1.82) is 0 Å². The Morgan fingerprint density at radius 3 is 2.26 bits per heavy atom. The molecule has 2 aromatic carbocycles. The Balaban J connectivity index is 2.00. The maximum atomic E-state index is 9.78. The summed E-state index contributed by atoms with van der Waals surface area (Å²) in [7, 11) is 0. The van der Waals surface area contributed by atoms with Crippen LogP contribution < -0.4 is 0 Å². The molecule has 0 bridgehead atoms. The zero-order valence-corrected chi connectivity index (χ0v) is 11.7. The van der Waals surface area contributed by atoms with Gasteiger partial charge in [-0.2, -0.15) is 11.8 Å². The number of phenolic OH excluding ortho intramolecular Hbond substituents is 2. The summed E-state index contributed by atoms with van der Waals surface area (Å²) in [6.07, 6.45) is 0. The van der Waals surface area contributed by atoms with Gasteiger partial charge in [0.25, 0.3) is 0 Å². The zero-order chi connectivity index (χ0) is 13.0. The smallest absolute Gasteiger partial charge is 0.116 e. The molecule has 0 aromatic heterocycles. The van der Waals surface area contributed by atoms with Crippen molar-refractivity contribution in [2.75, 3.05) is 11.5 Å². The van der Waals surface area contributed by atoms with Gasteiger partial charge in [0.2, 0.25) is 0 Å². The molecule has 1 spiro atoms. The normalized spacial score (nSPS) is 18.5. The van der Waals surface area contributed by atoms with Gasteiger partial charge in [-0.05, 0) is 47.0 Å². The molecule has 0 saturated carbocycles. The first-order chi connectivity index (χ1) is 9.18. The molecule has 1 fully saturated rings. The molecule has 0 amide bonds. The van der Waals surface area contributed by atoms with E-state index in [4.69, 9.17) is 0 Å². The lowest BCUT2D eigenvalue weighted by molar-refractivity contribution is 0.472. The van der Waals surface area contributed by atoms with Crippen LogP contribution >= 0.6 is 23.5 Å². The number of phenols is 2. The van der Waals surface area contributed by atoms with Crippen LogP contribution in [0.5, 0.6) is 11.5 Å². The molecular weight excluding hydrogens is 276 g/mol. The molecule has 0 radical (unpaired) electrons. The van der Waals surface area contributed by atoms with Gasteiger partial charge < -0.3 is 10.2 Å². The van der Waals surface area contributed by atoms with Crippen molar-refractivity contribution in [3.63, 3.8) is 0 Å². The summed E-state index contributed by atoms with van der Waals surface area (Å²) in [5.41, 5.74) is 3.57. The van der Waals surface area contributed by atoms with Crippen LogP contribution in [0.2, 0.25) is 0 Å². The Morgan fingerprint density at radius 2 is 1.58 bits per heavy atom. The highest BCUT2D eigenvalue weighted by Gasteiger charge is 2.45. The predicted octanol–water partition coefficient (Wildman–Crippen LogP) is 3.81. The Labute approximate surface area is 119 Å². The Hall–Kier alpha value is -1.26. The van der Waals surface area contributed by atoms with Crippen LogP contribution in [-0.4, -0.2) is 21.7 Å². The topological polar surface area (TPSA) is 40.5 Å². The van der Waals surface area contributed by atoms with Gasteiger partial charge in [0.15, 0.2) is 0 Å². The maximum Gasteiger partial charge on any atom is 0.116 e. The Kier molecular flexibility index (Phi) is 2.35. The quantitative estimate of drug-likeness (QED) is 0.773. The molecule has 2 aromatic rings. The minimum atomic E-state index is 0.0690. The van der Waals surface area contributed by atoms with E-state index in [2.05, 4.69) is 0 Å². The lowest BCUT2D eigenvalue weighted by Gasteiger charge is -2.45. The second-order valence-corrected chi connectivity index (χ2v) is 7.41. The first-order valence-corrected chi connectivity index (χ1v) is 8.09. The van der Waals surface area contributed by atoms with Gasteiger partial charge in [0, 0.05) is 16.4 Å². The van der Waals surface area contributed by atoms with E-state index in [1.165, 1.54) is 11.1 Å². The van der Waals surface area contributed by atoms with Crippen LogP contribution in [0.1, 0.15) is 5.56 Å². The van der Waals surface area contributed by atoms with Gasteiger partial charge in [0.1, 0.15) is 11.5 Å². The highest BCUT2D eigenvalue weighted by Crippen LogP contribution is 2.60. The van der Waals surface area contributed by atoms with Crippen molar-refractivity contribution < 1.29 is 10.2 Å². The third-order valence-corrected chi connectivity index (χ3v) is 6.94. The Morgan fingerprint density at radius 1 is 0.895 bits per heavy atom. The second-order valence-electron chi connectivity index (χ2n) is 5.00. The van der Waals surface area contributed by atoms with E-state index in [0.29, 0.717) is 11.5 Å². The lowest BCUT2D eigenvalue weighted by Crippen LogP contribution is -2.38. The molecule has 19 heavy (non-hydrogen) atoms. The van der Waals surface area contributed by atoms with E-state index in [0.717, 1.165) is 22.0 Å². The molecule has 1 saturated heterocycles. The Bertz CT molecular complexity index is 678. The zero-order valence-electron chi connectivity index (χ0n) is 10.1. The van der Waals surface area contributed by atoms with E-state index < -0.39 is 0 Å². The van der Waals surface area contributed by atoms with Crippen LogP contribution in [0, 0.1) is 0 Å². The number of aromatic hydroxyl groups is 2. The van der Waals surface area contributed by atoms with Gasteiger partial charge in [-0.3, -0.25) is 0 Å². The summed E-state index contributed by atoms with van der Waals surface area (Å²) in [5, 5.41) is 19.5. The van der Waals surface area contributed by atoms with Gasteiger partial charge in [-0.1, -0.05) is 6.07 Å². The van der Waals surface area contributed by atoms with Crippen LogP contribution in [0.15, 0.2) is 41.3 Å². The van der Waals surface area contributed by atoms with Crippen LogP contribution in [0.4, 0.5) is 0 Å². The van der Waals surface area contributed by atoms with Gasteiger partial charge in [-0.15, -0.1) is 11.8 Å². The molecule has 0 atom stereocenters. The number of benzene rings is 2. The highest BCUT2D eigenvalue weighted by atomic mass is 32.2. The molecule has 2 N–H and O–H groups in total. The molecule has 96 valence electrons. The predicted molar refractivity (Wildman–Crippen MR) is 80.1 cm³/mol. The SMILES string of the molecule is Oc1ccc2c(c1)SC1(CSC1)c1cc(O)ccc1-2. The van der Waals surface area contributed by atoms with Gasteiger partial charge in [-0.25, -0.2) is 0 Å². The maximum absolute atomic E-state index is 9.78. The minimum absolute atomic E-state index is 0.0690. The average molecular weight is 288 g/mol. The molecular formula is C15H12O2S2. The number of hydrogen-bond donors (Lipinski definition) is 2. The monoisotopic (exact) mass is 288 g/mol. The second kappa shape index (κ2) is 3.87. The number of rotatable bonds is 0. The minimum Gasteiger partial charge on any atom is -0.508 e. The van der Waals surface area contributed by atoms with Crippen LogP contribution in [0.3, 0.4) is 0 Å². The fourth-order valence-electron chi connectivity index (χ4n) is 2.73. The standard InChI is InChI=1S/C15H12O2S2/c16-9-1-3-11-12-4-2-10(17)6-14(12)19-15(7-18-8-15)13(11)5-9/h1-6,16-17H,7-8H2. The van der Waals surface area contributed by atoms with E-state index in [-0.39, 0.29) is 4.75 Å². The third-order valence-electron chi connectivity index (χ3n) is 3.73. The first-order valence-electron chi connectivity index (χ1n) is 6.12. The molecule has 4 heteroatoms. The van der Waals surface area contributed by atoms with E-state index in [1.807, 2.05) is 47.8 Å². The lowest BCUT2D eigenvalue weighted by atomic mass is 9.90. The van der Waals surface area contributed by atoms with Crippen molar-refractivity contribution in [2.24, 2.45) is 0 Å². The van der Waals surface area contributed by atoms with E-state index >= 15 is 0 Å². The summed E-state index contributed by atoms with van der Waals surface area (Å²) in [6.45, 7) is 0. The molecule has 4 rings (SSSR count). The van der Waals surface area contributed by atoms with Gasteiger partial charge >= 0.3 is 0 Å². The third kappa shape index (κ3) is 1.60. The summed E-state index contributed by atoms with van der Waals surface area (Å²) in [4.78, 5) is 1.14. The summed E-state index contributed by atoms with van der Waals surface area (Å²) in [5.74, 6) is 2.76. The molecule has 0 unspecified atom stereocenters. The molecule has 2 heterocycles. The van der Waals surface area contributed by atoms with Gasteiger partial charge in [0.05, 0.1) is 4.75 Å². The largest absolute Gasteiger partial charge is 0.508 e. The molecule has 2 aliphatic rings. The summed E-state index contributed by atoms with van der Waals surface area (Å²) < 4.78 is 0.0690. The average Bonchev–Trinajstić information content (AvgIpc) is 2.35. The van der Waals surface area contributed by atoms with Crippen molar-refractivity contribution in [2.45, 2.75) is 9.64 Å². The first kappa shape index (κ1) is 11.6. The molecule has 0 aliphatic carbocycles. The molecule has 2 nitrogen and oxygen atoms in total. The number of fused-ring (bicyclic) bond motifs is 4. The van der Waals surface area contributed by atoms with Crippen molar-refractivity contribution in [1.82, 2.24) is 0 Å². The van der Waals surface area contributed by atoms with E-state index in [1.54, 1.807) is 12.1 Å². The van der Waals surface area contributed by atoms with Crippen LogP contribution in [0.25, 0.3) is 11.1 Å². The number of hydrogen-bond acceptors (Lipinski definition) is 4. The fraction of sp³-hybridized carbons (Fsp3) is 0.200. The summed E-state index contributed by atoms with van der Waals surface area (Å²) in [6, 6.07) is 11.2. The van der Waals surface area contributed by atoms with Crippen LogP contribution in [-0.2, 0) is 4.75 Å². The van der Waals surface area contributed by atoms with Crippen molar-refractivity contribution in [3.05, 3.63) is 42.0 Å². The fourth-order valence-corrected chi connectivity index (χ4v) is 5.75. The van der Waals surface area contributed by atoms with Crippen molar-refractivity contribution in [3.8, 4) is 22.6 Å². The number of thioether (sulfide) groups is 2. The van der Waals surface area contributed by atoms with Crippen molar-refractivity contribution >= 4 is 23.5 Å². The highest BCUT2D eigenvalue weighted by molar-refractivity contribution is 8.07. The van der Waals surface area contributed by atoms with E-state index in [9.17, 15) is 10.2 Å².